The lowest BCUT2D eigenvalue weighted by atomic mass is 10.0. The molecule has 112 valence electrons. The third-order valence-corrected chi connectivity index (χ3v) is 4.04. The molecule has 1 atom stereocenters. The van der Waals surface area contributed by atoms with E-state index in [1.165, 1.54) is 16.8 Å². The molecule has 2 rings (SSSR count). The Morgan fingerprint density at radius 1 is 1.35 bits per heavy atom. The van der Waals surface area contributed by atoms with Gasteiger partial charge in [-0.15, -0.1) is 0 Å². The van der Waals surface area contributed by atoms with E-state index in [4.69, 9.17) is 0 Å². The summed E-state index contributed by atoms with van der Waals surface area (Å²) in [6.45, 7) is 12.0. The first-order valence-electron chi connectivity index (χ1n) is 7.59. The van der Waals surface area contributed by atoms with Gasteiger partial charge in [-0.05, 0) is 57.4 Å². The van der Waals surface area contributed by atoms with Gasteiger partial charge in [-0.1, -0.05) is 6.07 Å². The van der Waals surface area contributed by atoms with Gasteiger partial charge in [-0.25, -0.2) is 0 Å². The van der Waals surface area contributed by atoms with Crippen molar-refractivity contribution in [1.82, 2.24) is 5.32 Å². The summed E-state index contributed by atoms with van der Waals surface area (Å²) >= 11 is 0. The predicted octanol–water partition coefficient (Wildman–Crippen LogP) is 2.70. The zero-order valence-corrected chi connectivity index (χ0v) is 13.2. The summed E-state index contributed by atoms with van der Waals surface area (Å²) in [5.74, 6) is 0.442. The van der Waals surface area contributed by atoms with Gasteiger partial charge in [0, 0.05) is 43.4 Å². The molecule has 1 saturated heterocycles. The highest BCUT2D eigenvalue weighted by Gasteiger charge is 2.22. The Morgan fingerprint density at radius 3 is 2.65 bits per heavy atom. The number of anilines is 1. The van der Waals surface area contributed by atoms with E-state index in [-0.39, 0.29) is 5.54 Å². The molecule has 1 aliphatic heterocycles. The maximum absolute atomic E-state index is 9.24. The van der Waals surface area contributed by atoms with Crippen molar-refractivity contribution in [1.29, 1.82) is 0 Å². The number of benzene rings is 1. The molecule has 1 unspecified atom stereocenters. The summed E-state index contributed by atoms with van der Waals surface area (Å²) in [7, 11) is 0. The molecule has 20 heavy (non-hydrogen) atoms. The van der Waals surface area contributed by atoms with Crippen LogP contribution >= 0.6 is 0 Å². The number of nitrogens with one attached hydrogen (secondary N) is 1. The highest BCUT2D eigenvalue weighted by molar-refractivity contribution is 5.51. The first-order chi connectivity index (χ1) is 9.39. The predicted molar refractivity (Wildman–Crippen MR) is 85.2 cm³/mol. The van der Waals surface area contributed by atoms with Gasteiger partial charge in [-0.3, -0.25) is 0 Å². The molecule has 0 aliphatic carbocycles. The fourth-order valence-corrected chi connectivity index (χ4v) is 2.65. The van der Waals surface area contributed by atoms with Gasteiger partial charge >= 0.3 is 0 Å². The van der Waals surface area contributed by atoms with Gasteiger partial charge in [0.1, 0.15) is 0 Å². The summed E-state index contributed by atoms with van der Waals surface area (Å²) in [6, 6.07) is 6.72. The average Bonchev–Trinajstić information content (AvgIpc) is 2.85. The minimum Gasteiger partial charge on any atom is -0.396 e. The van der Waals surface area contributed by atoms with Crippen LogP contribution in [0.25, 0.3) is 0 Å². The van der Waals surface area contributed by atoms with E-state index in [1.807, 2.05) is 0 Å². The fraction of sp³-hybridized carbons (Fsp3) is 0.647. The fourth-order valence-electron chi connectivity index (χ4n) is 2.65. The van der Waals surface area contributed by atoms with E-state index in [2.05, 4.69) is 56.1 Å². The minimum absolute atomic E-state index is 0.147. The van der Waals surface area contributed by atoms with Crippen LogP contribution in [0.5, 0.6) is 0 Å². The zero-order chi connectivity index (χ0) is 14.8. The molecule has 2 N–H and O–H groups in total. The SMILES string of the molecule is Cc1cc(N2CCC(CO)C2)ccc1CNC(C)(C)C. The number of rotatable bonds is 4. The Hall–Kier alpha value is -1.06. The smallest absolute Gasteiger partial charge is 0.0476 e. The second kappa shape index (κ2) is 6.15. The second-order valence-electron chi connectivity index (χ2n) is 7.00. The van der Waals surface area contributed by atoms with Gasteiger partial charge in [0.15, 0.2) is 0 Å². The lowest BCUT2D eigenvalue weighted by Gasteiger charge is -2.23. The number of nitrogens with zero attached hydrogens (tertiary/aromatic N) is 1. The Balaban J connectivity index is 2.02. The van der Waals surface area contributed by atoms with E-state index in [1.54, 1.807) is 0 Å². The van der Waals surface area contributed by atoms with E-state index >= 15 is 0 Å². The molecule has 0 amide bonds. The van der Waals surface area contributed by atoms with Crippen molar-refractivity contribution in [2.24, 2.45) is 5.92 Å². The summed E-state index contributed by atoms with van der Waals surface area (Å²) in [4.78, 5) is 2.38. The summed E-state index contributed by atoms with van der Waals surface area (Å²) in [5, 5.41) is 12.8. The highest BCUT2D eigenvalue weighted by Crippen LogP contribution is 2.25. The molecule has 0 aromatic heterocycles. The third kappa shape index (κ3) is 3.97. The van der Waals surface area contributed by atoms with Gasteiger partial charge in [0.2, 0.25) is 0 Å². The molecule has 1 fully saturated rings. The minimum atomic E-state index is 0.147. The molecule has 1 aromatic rings. The van der Waals surface area contributed by atoms with Crippen molar-refractivity contribution in [3.63, 3.8) is 0 Å². The van der Waals surface area contributed by atoms with Crippen LogP contribution in [0.3, 0.4) is 0 Å². The molecule has 1 aromatic carbocycles. The molecule has 1 aliphatic rings. The van der Waals surface area contributed by atoms with Gasteiger partial charge in [-0.2, -0.15) is 0 Å². The number of aliphatic hydroxyl groups is 1. The average molecular weight is 276 g/mol. The Bertz CT molecular complexity index is 451. The normalized spacial score (nSPS) is 19.6. The number of aliphatic hydroxyl groups excluding tert-OH is 1. The largest absolute Gasteiger partial charge is 0.396 e. The van der Waals surface area contributed by atoms with Crippen LogP contribution in [0.2, 0.25) is 0 Å². The lowest BCUT2D eigenvalue weighted by Crippen LogP contribution is -2.35. The quantitative estimate of drug-likeness (QED) is 0.887. The topological polar surface area (TPSA) is 35.5 Å². The van der Waals surface area contributed by atoms with E-state index < -0.39 is 0 Å². The van der Waals surface area contributed by atoms with Crippen LogP contribution in [0.15, 0.2) is 18.2 Å². The van der Waals surface area contributed by atoms with Crippen LogP contribution in [0.4, 0.5) is 5.69 Å². The number of hydrogen-bond donors (Lipinski definition) is 2. The maximum atomic E-state index is 9.24. The second-order valence-corrected chi connectivity index (χ2v) is 7.00. The van der Waals surface area contributed by atoms with Crippen LogP contribution in [-0.4, -0.2) is 30.3 Å². The molecular formula is C17H28N2O. The van der Waals surface area contributed by atoms with Gasteiger partial charge in [0.25, 0.3) is 0 Å². The Labute approximate surface area is 123 Å². The monoisotopic (exact) mass is 276 g/mol. The zero-order valence-electron chi connectivity index (χ0n) is 13.2. The third-order valence-electron chi connectivity index (χ3n) is 4.04. The Kier molecular flexibility index (Phi) is 4.71. The first kappa shape index (κ1) is 15.3. The van der Waals surface area contributed by atoms with Crippen LogP contribution in [0, 0.1) is 12.8 Å². The maximum Gasteiger partial charge on any atom is 0.0476 e. The summed E-state index contributed by atoms with van der Waals surface area (Å²) in [5.41, 5.74) is 4.14. The van der Waals surface area contributed by atoms with Crippen molar-refractivity contribution < 1.29 is 5.11 Å². The van der Waals surface area contributed by atoms with Crippen molar-refractivity contribution >= 4 is 5.69 Å². The molecule has 0 saturated carbocycles. The molecule has 1 heterocycles. The standard InChI is InChI=1S/C17H28N2O/c1-13-9-16(19-8-7-14(11-19)12-20)6-5-15(13)10-18-17(2,3)4/h5-6,9,14,18,20H,7-8,10-12H2,1-4H3. The van der Waals surface area contributed by atoms with Crippen molar-refractivity contribution in [2.45, 2.75) is 46.2 Å². The first-order valence-corrected chi connectivity index (χ1v) is 7.59. The molecule has 3 nitrogen and oxygen atoms in total. The van der Waals surface area contributed by atoms with Crippen molar-refractivity contribution in [3.8, 4) is 0 Å². The molecule has 0 bridgehead atoms. The van der Waals surface area contributed by atoms with Gasteiger partial charge < -0.3 is 15.3 Å². The van der Waals surface area contributed by atoms with Crippen LogP contribution in [0.1, 0.15) is 38.3 Å². The molecule has 0 spiro atoms. The van der Waals surface area contributed by atoms with E-state index in [0.29, 0.717) is 12.5 Å². The van der Waals surface area contributed by atoms with Crippen LogP contribution in [-0.2, 0) is 6.54 Å². The van der Waals surface area contributed by atoms with Crippen molar-refractivity contribution in [2.75, 3.05) is 24.6 Å². The molecule has 3 heteroatoms. The summed E-state index contributed by atoms with van der Waals surface area (Å²) < 4.78 is 0. The molecule has 0 radical (unpaired) electrons. The van der Waals surface area contributed by atoms with Gasteiger partial charge in [0.05, 0.1) is 0 Å². The Morgan fingerprint density at radius 2 is 2.10 bits per heavy atom. The van der Waals surface area contributed by atoms with Crippen molar-refractivity contribution in [3.05, 3.63) is 29.3 Å². The molecular weight excluding hydrogens is 248 g/mol. The summed E-state index contributed by atoms with van der Waals surface area (Å²) in [6.07, 6.45) is 1.10. The number of hydrogen-bond acceptors (Lipinski definition) is 3. The lowest BCUT2D eigenvalue weighted by molar-refractivity contribution is 0.238. The van der Waals surface area contributed by atoms with E-state index in [0.717, 1.165) is 26.1 Å². The van der Waals surface area contributed by atoms with Crippen LogP contribution < -0.4 is 10.2 Å². The number of aryl methyl sites for hydroxylation is 1. The highest BCUT2D eigenvalue weighted by atomic mass is 16.3. The van der Waals surface area contributed by atoms with E-state index in [9.17, 15) is 5.11 Å².